The van der Waals surface area contributed by atoms with Gasteiger partial charge in [0.1, 0.15) is 11.9 Å². The van der Waals surface area contributed by atoms with Gasteiger partial charge in [-0.25, -0.2) is 13.2 Å². The lowest BCUT2D eigenvalue weighted by molar-refractivity contribution is 0.159. The Hall–Kier alpha value is -2.18. The molecule has 5 nitrogen and oxygen atoms in total. The van der Waals surface area contributed by atoms with Crippen LogP contribution in [0.2, 0.25) is 0 Å². The Bertz CT molecular complexity index is 876. The van der Waals surface area contributed by atoms with E-state index in [1.54, 1.807) is 43.3 Å². The molecule has 0 aliphatic heterocycles. The van der Waals surface area contributed by atoms with Crippen LogP contribution < -0.4 is 0 Å². The number of benzene rings is 2. The number of rotatable bonds is 4. The van der Waals surface area contributed by atoms with Gasteiger partial charge in [-0.15, -0.1) is 0 Å². The van der Waals surface area contributed by atoms with Gasteiger partial charge in [0.15, 0.2) is 0 Å². The van der Waals surface area contributed by atoms with Crippen molar-refractivity contribution in [2.75, 3.05) is 6.61 Å². The van der Waals surface area contributed by atoms with Gasteiger partial charge in [0.2, 0.25) is 0 Å². The Morgan fingerprint density at radius 2 is 1.77 bits per heavy atom. The Labute approximate surface area is 153 Å². The molecule has 0 saturated heterocycles. The van der Waals surface area contributed by atoms with Gasteiger partial charge in [-0.3, -0.25) is 0 Å². The van der Waals surface area contributed by atoms with E-state index in [9.17, 15) is 18.3 Å². The summed E-state index contributed by atoms with van der Waals surface area (Å²) in [6, 6.07) is 16.1. The summed E-state index contributed by atoms with van der Waals surface area (Å²) in [7, 11) is -4.21. The third-order valence-electron chi connectivity index (χ3n) is 5.07. The molecule has 0 fully saturated rings. The van der Waals surface area contributed by atoms with Crippen molar-refractivity contribution in [1.29, 1.82) is 0 Å². The molecular weight excluding hydrogens is 352 g/mol. The monoisotopic (exact) mass is 374 g/mol. The predicted molar refractivity (Wildman–Crippen MR) is 98.2 cm³/mol. The maximum atomic E-state index is 13.0. The van der Waals surface area contributed by atoms with E-state index >= 15 is 0 Å². The fourth-order valence-electron chi connectivity index (χ4n) is 3.58. The van der Waals surface area contributed by atoms with Crippen molar-refractivity contribution >= 4 is 15.1 Å². The number of ether oxygens (including phenoxy) is 1. The van der Waals surface area contributed by atoms with Gasteiger partial charge in [0.05, 0.1) is 0 Å². The fourth-order valence-corrected chi connectivity index (χ4v) is 5.36. The fraction of sp³-hybridized carbons (Fsp3) is 0.350. The van der Waals surface area contributed by atoms with Crippen molar-refractivity contribution in [2.24, 2.45) is 11.8 Å². The number of hydrogen-bond donors (Lipinski definition) is 1. The second kappa shape index (κ2) is 7.60. The molecule has 0 amide bonds. The average Bonchev–Trinajstić information content (AvgIpc) is 2.66. The molecule has 0 heterocycles. The summed E-state index contributed by atoms with van der Waals surface area (Å²) in [5, 5.41) is 7.43. The van der Waals surface area contributed by atoms with Crippen molar-refractivity contribution in [3.05, 3.63) is 71.3 Å². The van der Waals surface area contributed by atoms with E-state index in [2.05, 4.69) is 0 Å². The summed E-state index contributed by atoms with van der Waals surface area (Å²) in [4.78, 5) is 12.4. The molecule has 2 aromatic rings. The van der Waals surface area contributed by atoms with Gasteiger partial charge in [-0.1, -0.05) is 61.5 Å². The van der Waals surface area contributed by atoms with E-state index in [1.165, 1.54) is 0 Å². The number of fused-ring (bicyclic) bond motifs is 1. The molecule has 26 heavy (non-hydrogen) atoms. The molecule has 3 atom stereocenters. The van der Waals surface area contributed by atoms with Gasteiger partial charge in [0, 0.05) is 6.61 Å². The number of carbonyl (C=O) groups is 1. The zero-order chi connectivity index (χ0) is 18.7. The van der Waals surface area contributed by atoms with Gasteiger partial charge < -0.3 is 9.84 Å². The van der Waals surface area contributed by atoms with Crippen LogP contribution in [0.4, 0.5) is 4.79 Å². The maximum absolute atomic E-state index is 13.0. The summed E-state index contributed by atoms with van der Waals surface area (Å²) in [5.74, 6) is -0.601. The molecule has 0 aromatic heterocycles. The van der Waals surface area contributed by atoms with Crippen molar-refractivity contribution in [3.63, 3.8) is 0 Å². The first-order chi connectivity index (χ1) is 12.4. The zero-order valence-electron chi connectivity index (χ0n) is 14.5. The highest BCUT2D eigenvalue weighted by Crippen LogP contribution is 2.43. The van der Waals surface area contributed by atoms with E-state index in [4.69, 9.17) is 4.74 Å². The van der Waals surface area contributed by atoms with E-state index < -0.39 is 20.4 Å². The first kappa shape index (κ1) is 18.6. The summed E-state index contributed by atoms with van der Waals surface area (Å²) >= 11 is 0. The Kier molecular flexibility index (Phi) is 5.44. The Morgan fingerprint density at radius 3 is 2.46 bits per heavy atom. The molecule has 2 aromatic carbocycles. The topological polar surface area (TPSA) is 80.7 Å². The lowest BCUT2D eigenvalue weighted by Gasteiger charge is -2.35. The number of aliphatic hydroxyl groups is 1. The number of aliphatic hydroxyl groups excluding tert-OH is 1. The summed E-state index contributed by atoms with van der Waals surface area (Å²) in [5.41, 5.74) is 2.21. The van der Waals surface area contributed by atoms with E-state index in [-0.39, 0.29) is 25.0 Å². The van der Waals surface area contributed by atoms with Crippen molar-refractivity contribution in [1.82, 2.24) is 0 Å². The third kappa shape index (κ3) is 3.52. The highest BCUT2D eigenvalue weighted by molar-refractivity contribution is 8.05. The molecule has 6 heteroatoms. The largest absolute Gasteiger partial charge is 0.449 e. The van der Waals surface area contributed by atoms with Crippen molar-refractivity contribution in [2.45, 2.75) is 25.2 Å². The summed E-state index contributed by atoms with van der Waals surface area (Å²) in [6.07, 6.45) is 0.596. The molecule has 3 rings (SSSR count). The lowest BCUT2D eigenvalue weighted by atomic mass is 9.77. The lowest BCUT2D eigenvalue weighted by Crippen LogP contribution is -2.37. The highest BCUT2D eigenvalue weighted by Gasteiger charge is 2.45. The second-order valence-electron chi connectivity index (χ2n) is 6.69. The first-order valence-electron chi connectivity index (χ1n) is 8.58. The molecule has 1 aliphatic rings. The quantitative estimate of drug-likeness (QED) is 0.831. The molecule has 0 bridgehead atoms. The molecule has 138 valence electrons. The number of carbonyl (C=O) groups excluding carboxylic acids is 1. The van der Waals surface area contributed by atoms with Crippen LogP contribution in [0, 0.1) is 11.8 Å². The van der Waals surface area contributed by atoms with Gasteiger partial charge in [0.25, 0.3) is 9.84 Å². The third-order valence-corrected chi connectivity index (χ3v) is 7.00. The minimum atomic E-state index is -4.21. The van der Waals surface area contributed by atoms with Gasteiger partial charge in [-0.05, 0) is 34.9 Å². The Balaban J connectivity index is 1.88. The summed E-state index contributed by atoms with van der Waals surface area (Å²) in [6.45, 7) is 1.55. The van der Waals surface area contributed by atoms with Crippen LogP contribution in [0.3, 0.4) is 0 Å². The van der Waals surface area contributed by atoms with E-state index in [0.29, 0.717) is 12.0 Å². The van der Waals surface area contributed by atoms with Crippen molar-refractivity contribution < 1.29 is 23.1 Å². The van der Waals surface area contributed by atoms with E-state index in [0.717, 1.165) is 11.1 Å². The number of hydrogen-bond acceptors (Lipinski definition) is 5. The second-order valence-corrected chi connectivity index (χ2v) is 8.63. The molecule has 0 spiro atoms. The standard InChI is InChI=1S/C20H22O5S/c1-14-17(12-21)11-16-9-5-6-10-18(16)19(14)26(23,24)20(22)25-13-15-7-3-2-4-8-15/h2-10,14,17,19,21H,11-13H2,1H3/t14-,17+,19?/m1/s1. The van der Waals surface area contributed by atoms with Gasteiger partial charge in [-0.2, -0.15) is 0 Å². The predicted octanol–water partition coefficient (Wildman–Crippen LogP) is 3.28. The first-order valence-corrected chi connectivity index (χ1v) is 10.1. The van der Waals surface area contributed by atoms with Crippen molar-refractivity contribution in [3.8, 4) is 0 Å². The molecular formula is C20H22O5S. The van der Waals surface area contributed by atoms with Crippen LogP contribution in [-0.4, -0.2) is 25.4 Å². The van der Waals surface area contributed by atoms with Gasteiger partial charge >= 0.3 is 5.30 Å². The smallest absolute Gasteiger partial charge is 0.425 e. The SMILES string of the molecule is C[C@H]1C(S(=O)(=O)C(=O)OCc2ccccc2)c2ccccc2C[C@H]1CO. The zero-order valence-corrected chi connectivity index (χ0v) is 15.4. The molecule has 1 unspecified atom stereocenters. The molecule has 1 N–H and O–H groups in total. The average molecular weight is 374 g/mol. The molecule has 0 saturated carbocycles. The minimum absolute atomic E-state index is 0.0922. The normalized spacial score (nSPS) is 22.5. The van der Waals surface area contributed by atoms with Crippen LogP contribution in [0.5, 0.6) is 0 Å². The van der Waals surface area contributed by atoms with Crippen LogP contribution in [0.1, 0.15) is 28.9 Å². The number of sulfone groups is 1. The molecule has 0 radical (unpaired) electrons. The maximum Gasteiger partial charge on any atom is 0.425 e. The van der Waals surface area contributed by atoms with Crippen LogP contribution in [-0.2, 0) is 27.6 Å². The highest BCUT2D eigenvalue weighted by atomic mass is 32.2. The van der Waals surface area contributed by atoms with E-state index in [1.807, 2.05) is 18.2 Å². The van der Waals surface area contributed by atoms with Crippen LogP contribution >= 0.6 is 0 Å². The minimum Gasteiger partial charge on any atom is -0.449 e. The van der Waals surface area contributed by atoms with Crippen LogP contribution in [0.15, 0.2) is 54.6 Å². The summed E-state index contributed by atoms with van der Waals surface area (Å²) < 4.78 is 31.1. The Morgan fingerprint density at radius 1 is 1.12 bits per heavy atom. The van der Waals surface area contributed by atoms with Crippen LogP contribution in [0.25, 0.3) is 0 Å². The molecule has 1 aliphatic carbocycles.